The van der Waals surface area contributed by atoms with Gasteiger partial charge < -0.3 is 10.3 Å². The quantitative estimate of drug-likeness (QED) is 0.594. The number of anilines is 3. The Hall–Kier alpha value is -3.56. The van der Waals surface area contributed by atoms with E-state index in [0.29, 0.717) is 11.6 Å². The van der Waals surface area contributed by atoms with E-state index in [9.17, 15) is 13.6 Å². The number of hydrogen-bond acceptors (Lipinski definition) is 6. The molecule has 0 fully saturated rings. The molecule has 3 heterocycles. The first kappa shape index (κ1) is 19.2. The molecule has 2 amide bonds. The van der Waals surface area contributed by atoms with E-state index in [4.69, 9.17) is 10.3 Å². The molecular formula is C18H18F2N6O2. The van der Waals surface area contributed by atoms with Crippen molar-refractivity contribution in [3.63, 3.8) is 0 Å². The Morgan fingerprint density at radius 2 is 1.71 bits per heavy atom. The minimum absolute atomic E-state index is 0.00684. The Bertz CT molecular complexity index is 939. The van der Waals surface area contributed by atoms with Gasteiger partial charge in [-0.05, 0) is 31.2 Å². The minimum atomic E-state index is -1.43. The van der Waals surface area contributed by atoms with Gasteiger partial charge in [-0.3, -0.25) is 10.6 Å². The molecule has 3 aromatic rings. The van der Waals surface area contributed by atoms with E-state index in [1.165, 1.54) is 13.0 Å². The number of nitrogen functional groups attached to an aromatic ring is 1. The molecule has 0 unspecified atom stereocenters. The topological polar surface area (TPSA) is 119 Å². The number of pyridine rings is 2. The lowest BCUT2D eigenvalue weighted by molar-refractivity contribution is 0.206. The van der Waals surface area contributed by atoms with Gasteiger partial charge in [0, 0.05) is 29.6 Å². The zero-order chi connectivity index (χ0) is 20.1. The molecular weight excluding hydrogens is 370 g/mol. The average Bonchev–Trinajstić information content (AvgIpc) is 3.17. The Morgan fingerprint density at radius 3 is 2.29 bits per heavy atom. The summed E-state index contributed by atoms with van der Waals surface area (Å²) in [5.74, 6) is 0.754. The van der Waals surface area contributed by atoms with Crippen molar-refractivity contribution >= 4 is 23.5 Å². The number of amides is 2. The molecule has 0 aromatic carbocycles. The van der Waals surface area contributed by atoms with Crippen LogP contribution < -0.4 is 16.4 Å². The van der Waals surface area contributed by atoms with Crippen LogP contribution in [-0.4, -0.2) is 34.5 Å². The maximum atomic E-state index is 13.0. The number of urea groups is 1. The predicted octanol–water partition coefficient (Wildman–Crippen LogP) is 3.55. The number of hydrogen-bond donors (Lipinski definition) is 3. The number of carbonyl (C=O) groups is 1. The normalized spacial score (nSPS) is 11.2. The zero-order valence-corrected chi connectivity index (χ0v) is 14.9. The minimum Gasteiger partial charge on any atom is -0.384 e. The number of alkyl halides is 2. The number of nitrogens with one attached hydrogen (secondary N) is 2. The monoisotopic (exact) mass is 388 g/mol. The predicted molar refractivity (Wildman–Crippen MR) is 100 cm³/mol. The van der Waals surface area contributed by atoms with Gasteiger partial charge in [-0.25, -0.2) is 23.5 Å². The summed E-state index contributed by atoms with van der Waals surface area (Å²) in [6, 6.07) is 7.52. The Morgan fingerprint density at radius 1 is 1.07 bits per heavy atom. The summed E-state index contributed by atoms with van der Waals surface area (Å²) in [5, 5.41) is 8.55. The molecule has 0 saturated heterocycles. The maximum Gasteiger partial charge on any atom is 0.326 e. The first-order chi connectivity index (χ1) is 13.4. The van der Waals surface area contributed by atoms with Crippen LogP contribution in [0.15, 0.2) is 47.2 Å². The third-order valence-electron chi connectivity index (χ3n) is 4.06. The van der Waals surface area contributed by atoms with Crippen molar-refractivity contribution in [2.45, 2.75) is 12.3 Å². The van der Waals surface area contributed by atoms with E-state index in [0.717, 1.165) is 11.1 Å². The highest BCUT2D eigenvalue weighted by Gasteiger charge is 2.32. The Labute approximate surface area is 159 Å². The van der Waals surface area contributed by atoms with E-state index in [2.05, 4.69) is 25.8 Å². The molecule has 146 valence electrons. The van der Waals surface area contributed by atoms with Crippen LogP contribution in [0.2, 0.25) is 0 Å². The van der Waals surface area contributed by atoms with Gasteiger partial charge in [0.2, 0.25) is 0 Å². The molecule has 0 radical (unpaired) electrons. The molecule has 10 heteroatoms. The SMILES string of the molecule is CC(CF)(CF)c1cc(NC(=O)Nc2ccc(-c3ccc(N)nc3)cn2)no1. The molecule has 0 bridgehead atoms. The van der Waals surface area contributed by atoms with E-state index >= 15 is 0 Å². The highest BCUT2D eigenvalue weighted by molar-refractivity contribution is 5.98. The third-order valence-corrected chi connectivity index (χ3v) is 4.06. The van der Waals surface area contributed by atoms with Crippen LogP contribution in [0.25, 0.3) is 11.1 Å². The van der Waals surface area contributed by atoms with Crippen molar-refractivity contribution in [1.82, 2.24) is 15.1 Å². The number of aromatic nitrogens is 3. The second-order valence-corrected chi connectivity index (χ2v) is 6.39. The van der Waals surface area contributed by atoms with Gasteiger partial charge in [-0.2, -0.15) is 0 Å². The van der Waals surface area contributed by atoms with Crippen LogP contribution >= 0.6 is 0 Å². The van der Waals surface area contributed by atoms with Crippen LogP contribution in [0.5, 0.6) is 0 Å². The molecule has 28 heavy (non-hydrogen) atoms. The number of nitrogens with two attached hydrogens (primary N) is 1. The molecule has 3 aromatic heterocycles. The van der Waals surface area contributed by atoms with Gasteiger partial charge in [0.15, 0.2) is 5.82 Å². The lowest BCUT2D eigenvalue weighted by atomic mass is 9.91. The van der Waals surface area contributed by atoms with Crippen LogP contribution in [-0.2, 0) is 5.41 Å². The van der Waals surface area contributed by atoms with Crippen LogP contribution in [0.1, 0.15) is 12.7 Å². The second kappa shape index (κ2) is 7.99. The standard InChI is InChI=1S/C18H18F2N6O2/c1-18(9-19,10-20)13-6-16(26-28-13)25-17(27)24-15-5-3-12(8-23-15)11-2-4-14(21)22-7-11/h2-8H,9-10H2,1H3,(H2,21,22)(H2,23,24,25,26,27). The lowest BCUT2D eigenvalue weighted by Crippen LogP contribution is -2.26. The highest BCUT2D eigenvalue weighted by Crippen LogP contribution is 2.27. The first-order valence-electron chi connectivity index (χ1n) is 8.28. The van der Waals surface area contributed by atoms with Crippen LogP contribution in [0.4, 0.5) is 31.0 Å². The van der Waals surface area contributed by atoms with Crippen molar-refractivity contribution in [2.24, 2.45) is 0 Å². The molecule has 0 aliphatic carbocycles. The summed E-state index contributed by atoms with van der Waals surface area (Å²) in [7, 11) is 0. The van der Waals surface area contributed by atoms with Gasteiger partial charge in [0.05, 0.1) is 5.41 Å². The molecule has 0 atom stereocenters. The van der Waals surface area contributed by atoms with Gasteiger partial charge in [0.25, 0.3) is 0 Å². The van der Waals surface area contributed by atoms with Gasteiger partial charge in [0.1, 0.15) is 30.7 Å². The highest BCUT2D eigenvalue weighted by atomic mass is 19.1. The number of carbonyl (C=O) groups excluding carboxylic acids is 1. The van der Waals surface area contributed by atoms with Gasteiger partial charge in [-0.1, -0.05) is 5.16 Å². The molecule has 8 nitrogen and oxygen atoms in total. The van der Waals surface area contributed by atoms with E-state index < -0.39 is 24.8 Å². The summed E-state index contributed by atoms with van der Waals surface area (Å²) in [6.45, 7) is -0.548. The third kappa shape index (κ3) is 4.22. The van der Waals surface area contributed by atoms with Crippen molar-refractivity contribution < 1.29 is 18.1 Å². The smallest absolute Gasteiger partial charge is 0.326 e. The maximum absolute atomic E-state index is 13.0. The number of halogens is 2. The van der Waals surface area contributed by atoms with Crippen molar-refractivity contribution in [1.29, 1.82) is 0 Å². The molecule has 0 aliphatic rings. The molecule has 3 rings (SSSR count). The average molecular weight is 388 g/mol. The Balaban J connectivity index is 1.62. The second-order valence-electron chi connectivity index (χ2n) is 6.39. The first-order valence-corrected chi connectivity index (χ1v) is 8.28. The summed E-state index contributed by atoms with van der Waals surface area (Å²) in [4.78, 5) is 20.2. The Kier molecular flexibility index (Phi) is 5.48. The van der Waals surface area contributed by atoms with Gasteiger partial charge in [-0.15, -0.1) is 0 Å². The van der Waals surface area contributed by atoms with Crippen LogP contribution in [0.3, 0.4) is 0 Å². The van der Waals surface area contributed by atoms with Crippen LogP contribution in [0, 0.1) is 0 Å². The van der Waals surface area contributed by atoms with E-state index in [-0.39, 0.29) is 11.6 Å². The lowest BCUT2D eigenvalue weighted by Gasteiger charge is -2.17. The summed E-state index contributed by atoms with van der Waals surface area (Å²) < 4.78 is 31.0. The van der Waals surface area contributed by atoms with Crippen molar-refractivity contribution in [2.75, 3.05) is 29.7 Å². The summed E-state index contributed by atoms with van der Waals surface area (Å²) in [5.41, 5.74) is 5.76. The van der Waals surface area contributed by atoms with Gasteiger partial charge >= 0.3 is 6.03 Å². The summed E-state index contributed by atoms with van der Waals surface area (Å²) in [6.07, 6.45) is 3.20. The van der Waals surface area contributed by atoms with Crippen molar-refractivity contribution in [3.05, 3.63) is 48.5 Å². The molecule has 0 saturated carbocycles. The van der Waals surface area contributed by atoms with E-state index in [1.54, 1.807) is 30.6 Å². The largest absolute Gasteiger partial charge is 0.384 e. The molecule has 0 aliphatic heterocycles. The number of rotatable bonds is 6. The molecule has 0 spiro atoms. The zero-order valence-electron chi connectivity index (χ0n) is 14.9. The fourth-order valence-corrected chi connectivity index (χ4v) is 2.26. The fourth-order valence-electron chi connectivity index (χ4n) is 2.26. The summed E-state index contributed by atoms with van der Waals surface area (Å²) >= 11 is 0. The van der Waals surface area contributed by atoms with Crippen molar-refractivity contribution in [3.8, 4) is 11.1 Å². The van der Waals surface area contributed by atoms with E-state index in [1.807, 2.05) is 6.07 Å². The fraction of sp³-hybridized carbons (Fsp3) is 0.222. The number of nitrogens with zero attached hydrogens (tertiary/aromatic N) is 3. The molecule has 4 N–H and O–H groups in total.